The third-order valence-corrected chi connectivity index (χ3v) is 3.79. The zero-order valence-electron chi connectivity index (χ0n) is 13.6. The van der Waals surface area contributed by atoms with Crippen LogP contribution in [0.4, 0.5) is 11.4 Å². The van der Waals surface area contributed by atoms with Crippen LogP contribution in [0.1, 0.15) is 0 Å². The first kappa shape index (κ1) is 14.9. The van der Waals surface area contributed by atoms with Gasteiger partial charge in [-0.3, -0.25) is 9.97 Å². The first-order valence-corrected chi connectivity index (χ1v) is 7.77. The molecule has 0 fully saturated rings. The highest BCUT2D eigenvalue weighted by Crippen LogP contribution is 2.24. The predicted octanol–water partition coefficient (Wildman–Crippen LogP) is 2.89. The number of hydrogen-bond acceptors (Lipinski definition) is 6. The lowest BCUT2D eigenvalue weighted by Crippen LogP contribution is -2.10. The Labute approximate surface area is 144 Å². The van der Waals surface area contributed by atoms with Crippen LogP contribution < -0.4 is 4.90 Å². The second-order valence-electron chi connectivity index (χ2n) is 5.41. The zero-order chi connectivity index (χ0) is 17.1. The van der Waals surface area contributed by atoms with Gasteiger partial charge in [-0.15, -0.1) is 15.0 Å². The Morgan fingerprint density at radius 1 is 0.920 bits per heavy atom. The van der Waals surface area contributed by atoms with Gasteiger partial charge in [0.15, 0.2) is 0 Å². The predicted molar refractivity (Wildman–Crippen MR) is 94.7 cm³/mol. The summed E-state index contributed by atoms with van der Waals surface area (Å²) in [5.41, 5.74) is 3.52. The van der Waals surface area contributed by atoms with Crippen molar-refractivity contribution >= 4 is 11.4 Å². The highest BCUT2D eigenvalue weighted by atomic mass is 15.6. The van der Waals surface area contributed by atoms with Crippen LogP contribution in [0.5, 0.6) is 0 Å². The maximum Gasteiger partial charge on any atom is 0.223 e. The molecule has 3 heterocycles. The van der Waals surface area contributed by atoms with Crippen molar-refractivity contribution in [2.45, 2.75) is 0 Å². The van der Waals surface area contributed by atoms with Crippen LogP contribution in [-0.4, -0.2) is 37.2 Å². The van der Waals surface area contributed by atoms with Crippen LogP contribution in [0, 0.1) is 0 Å². The average Bonchev–Trinajstić information content (AvgIpc) is 3.19. The maximum atomic E-state index is 4.43. The molecule has 4 aromatic rings. The summed E-state index contributed by atoms with van der Waals surface area (Å²) in [6.07, 6.45) is 5.28. The minimum atomic E-state index is 0.492. The minimum absolute atomic E-state index is 0.492. The Balaban J connectivity index is 1.65. The molecule has 0 atom stereocenters. The van der Waals surface area contributed by atoms with Gasteiger partial charge in [-0.1, -0.05) is 12.1 Å². The normalized spacial score (nSPS) is 10.6. The average molecular weight is 329 g/mol. The van der Waals surface area contributed by atoms with Crippen molar-refractivity contribution < 1.29 is 0 Å². The number of pyridine rings is 2. The molecule has 0 spiro atoms. The van der Waals surface area contributed by atoms with Crippen molar-refractivity contribution in [2.24, 2.45) is 0 Å². The summed E-state index contributed by atoms with van der Waals surface area (Å²) in [7, 11) is 1.99. The van der Waals surface area contributed by atoms with Crippen LogP contribution in [-0.2, 0) is 0 Å². The molecule has 122 valence electrons. The molecule has 0 aliphatic carbocycles. The molecule has 0 radical (unpaired) electrons. The fraction of sp³-hybridized carbons (Fsp3) is 0.0556. The Hall–Kier alpha value is -3.61. The molecule has 3 aromatic heterocycles. The van der Waals surface area contributed by atoms with Gasteiger partial charge >= 0.3 is 0 Å². The van der Waals surface area contributed by atoms with E-state index in [1.165, 1.54) is 4.80 Å². The van der Waals surface area contributed by atoms with Gasteiger partial charge < -0.3 is 4.90 Å². The number of tetrazole rings is 1. The summed E-state index contributed by atoms with van der Waals surface area (Å²) >= 11 is 0. The summed E-state index contributed by atoms with van der Waals surface area (Å²) in [5.74, 6) is 0.492. The van der Waals surface area contributed by atoms with E-state index in [4.69, 9.17) is 0 Å². The van der Waals surface area contributed by atoms with E-state index in [1.54, 1.807) is 12.4 Å². The molecule has 0 N–H and O–H groups in total. The van der Waals surface area contributed by atoms with E-state index in [1.807, 2.05) is 72.7 Å². The molecule has 0 saturated carbocycles. The Kier molecular flexibility index (Phi) is 3.88. The van der Waals surface area contributed by atoms with Crippen molar-refractivity contribution in [1.29, 1.82) is 0 Å². The van der Waals surface area contributed by atoms with Crippen LogP contribution in [0.25, 0.3) is 17.2 Å². The lowest BCUT2D eigenvalue weighted by Gasteiger charge is -2.19. The van der Waals surface area contributed by atoms with Crippen molar-refractivity contribution in [2.75, 3.05) is 11.9 Å². The molecule has 7 heteroatoms. The Morgan fingerprint density at radius 3 is 2.64 bits per heavy atom. The maximum absolute atomic E-state index is 4.43. The first-order chi connectivity index (χ1) is 12.3. The van der Waals surface area contributed by atoms with E-state index in [9.17, 15) is 0 Å². The Morgan fingerprint density at radius 2 is 1.84 bits per heavy atom. The molecule has 7 nitrogen and oxygen atoms in total. The number of benzene rings is 1. The van der Waals surface area contributed by atoms with Crippen LogP contribution >= 0.6 is 0 Å². The standard InChI is InChI=1S/C18H15N7/c1-24(16-8-5-10-19-13-16)14-6-4-7-15(12-14)25-22-18(21-23-25)17-9-2-3-11-20-17/h2-13H,1H3. The monoisotopic (exact) mass is 329 g/mol. The van der Waals surface area contributed by atoms with Crippen molar-refractivity contribution in [3.05, 3.63) is 73.2 Å². The third kappa shape index (κ3) is 3.07. The second-order valence-corrected chi connectivity index (χ2v) is 5.41. The van der Waals surface area contributed by atoms with E-state index < -0.39 is 0 Å². The number of anilines is 2. The largest absolute Gasteiger partial charge is 0.343 e. The molecule has 25 heavy (non-hydrogen) atoms. The van der Waals surface area contributed by atoms with E-state index in [0.29, 0.717) is 11.5 Å². The lowest BCUT2D eigenvalue weighted by atomic mass is 10.2. The van der Waals surface area contributed by atoms with Gasteiger partial charge in [-0.25, -0.2) is 0 Å². The van der Waals surface area contributed by atoms with E-state index in [0.717, 1.165) is 17.1 Å². The van der Waals surface area contributed by atoms with Gasteiger partial charge in [0.05, 0.1) is 17.6 Å². The minimum Gasteiger partial charge on any atom is -0.343 e. The number of hydrogen-bond donors (Lipinski definition) is 0. The van der Waals surface area contributed by atoms with Crippen molar-refractivity contribution in [1.82, 2.24) is 30.2 Å². The van der Waals surface area contributed by atoms with E-state index in [-0.39, 0.29) is 0 Å². The fourth-order valence-electron chi connectivity index (χ4n) is 2.45. The van der Waals surface area contributed by atoms with Gasteiger partial charge in [0.25, 0.3) is 0 Å². The number of nitrogens with zero attached hydrogens (tertiary/aromatic N) is 7. The van der Waals surface area contributed by atoms with E-state index >= 15 is 0 Å². The molecule has 0 aliphatic heterocycles. The Bertz CT molecular complexity index is 967. The second kappa shape index (κ2) is 6.48. The SMILES string of the molecule is CN(c1cccnc1)c1cccc(-n2nnc(-c3ccccn3)n2)c1. The fourth-order valence-corrected chi connectivity index (χ4v) is 2.45. The summed E-state index contributed by atoms with van der Waals surface area (Å²) in [6, 6.07) is 17.4. The highest BCUT2D eigenvalue weighted by Gasteiger charge is 2.10. The number of rotatable bonds is 4. The molecule has 0 saturated heterocycles. The molecule has 1 aromatic carbocycles. The van der Waals surface area contributed by atoms with Crippen LogP contribution in [0.15, 0.2) is 73.2 Å². The molecule has 0 unspecified atom stereocenters. The summed E-state index contributed by atoms with van der Waals surface area (Å²) < 4.78 is 0. The summed E-state index contributed by atoms with van der Waals surface area (Å²) in [5, 5.41) is 12.7. The zero-order valence-corrected chi connectivity index (χ0v) is 13.6. The third-order valence-electron chi connectivity index (χ3n) is 3.79. The van der Waals surface area contributed by atoms with Crippen molar-refractivity contribution in [3.63, 3.8) is 0 Å². The smallest absolute Gasteiger partial charge is 0.223 e. The van der Waals surface area contributed by atoms with Crippen molar-refractivity contribution in [3.8, 4) is 17.2 Å². The first-order valence-electron chi connectivity index (χ1n) is 7.77. The van der Waals surface area contributed by atoms with Gasteiger partial charge in [0, 0.05) is 25.1 Å². The highest BCUT2D eigenvalue weighted by molar-refractivity contribution is 5.63. The summed E-state index contributed by atoms with van der Waals surface area (Å²) in [6.45, 7) is 0. The van der Waals surface area contributed by atoms with Crippen LogP contribution in [0.2, 0.25) is 0 Å². The molecule has 0 amide bonds. The summed E-state index contributed by atoms with van der Waals surface area (Å²) in [4.78, 5) is 12.0. The molecular weight excluding hydrogens is 314 g/mol. The molecule has 0 aliphatic rings. The quantitative estimate of drug-likeness (QED) is 0.573. The van der Waals surface area contributed by atoms with Gasteiger partial charge in [0.1, 0.15) is 5.69 Å². The molecule has 0 bridgehead atoms. The topological polar surface area (TPSA) is 72.6 Å². The molecular formula is C18H15N7. The van der Waals surface area contributed by atoms with Gasteiger partial charge in [-0.05, 0) is 47.7 Å². The lowest BCUT2D eigenvalue weighted by molar-refractivity contribution is 0.720. The van der Waals surface area contributed by atoms with Gasteiger partial charge in [-0.2, -0.15) is 0 Å². The van der Waals surface area contributed by atoms with E-state index in [2.05, 4.69) is 25.4 Å². The molecule has 4 rings (SSSR count). The number of aromatic nitrogens is 6. The van der Waals surface area contributed by atoms with Crippen LogP contribution in [0.3, 0.4) is 0 Å². The van der Waals surface area contributed by atoms with Gasteiger partial charge in [0.2, 0.25) is 5.82 Å².